The highest BCUT2D eigenvalue weighted by molar-refractivity contribution is 6.04. The van der Waals surface area contributed by atoms with E-state index in [0.717, 1.165) is 15.7 Å². The maximum absolute atomic E-state index is 13.4. The molecule has 11 heteroatoms. The van der Waals surface area contributed by atoms with E-state index in [1.807, 2.05) is 13.8 Å². The average molecular weight is 500 g/mol. The number of nitrogens with one attached hydrogen (secondary N) is 1. The van der Waals surface area contributed by atoms with Crippen LogP contribution in [0.5, 0.6) is 0 Å². The molecule has 0 aliphatic heterocycles. The van der Waals surface area contributed by atoms with Crippen LogP contribution in [0.15, 0.2) is 35.1 Å². The molecule has 3 atom stereocenters. The second-order valence-electron chi connectivity index (χ2n) is 8.58. The van der Waals surface area contributed by atoms with Gasteiger partial charge >= 0.3 is 5.97 Å². The number of hydrogen-bond acceptors (Lipinski definition) is 9. The van der Waals surface area contributed by atoms with Gasteiger partial charge in [-0.25, -0.2) is 9.78 Å². The van der Waals surface area contributed by atoms with Crippen LogP contribution < -0.4 is 10.9 Å². The lowest BCUT2D eigenvalue weighted by molar-refractivity contribution is -0.0805. The van der Waals surface area contributed by atoms with Crippen LogP contribution in [0.4, 0.5) is 5.69 Å². The Bertz CT molecular complexity index is 1370. The van der Waals surface area contributed by atoms with E-state index in [0.29, 0.717) is 16.6 Å². The van der Waals surface area contributed by atoms with Crippen molar-refractivity contribution in [1.82, 2.24) is 9.55 Å². The van der Waals surface area contributed by atoms with Crippen molar-refractivity contribution in [2.75, 3.05) is 19.0 Å². The van der Waals surface area contributed by atoms with E-state index >= 15 is 0 Å². The molecule has 5 N–H and O–H groups in total. The zero-order valence-corrected chi connectivity index (χ0v) is 20.3. The molecular weight excluding hydrogens is 470 g/mol. The number of benzene rings is 2. The SMILES string of the molecule is COC(=O)c1ccc(C)c(NC(=O)c2nc3cc(C)c(C)cc3n(CC(O)C(O)C(O)CO)c2=O)c1. The third-order valence-electron chi connectivity index (χ3n) is 6.03. The quantitative estimate of drug-likeness (QED) is 0.276. The molecule has 0 saturated heterocycles. The maximum atomic E-state index is 13.4. The van der Waals surface area contributed by atoms with E-state index in [1.165, 1.54) is 19.2 Å². The first kappa shape index (κ1) is 27.0. The summed E-state index contributed by atoms with van der Waals surface area (Å²) in [4.78, 5) is 42.7. The molecule has 1 aromatic heterocycles. The van der Waals surface area contributed by atoms with E-state index in [4.69, 9.17) is 9.84 Å². The van der Waals surface area contributed by atoms with Gasteiger partial charge in [-0.15, -0.1) is 0 Å². The number of aliphatic hydroxyl groups excluding tert-OH is 4. The molecule has 0 saturated carbocycles. The van der Waals surface area contributed by atoms with Gasteiger partial charge in [0, 0.05) is 5.69 Å². The molecule has 11 nitrogen and oxygen atoms in total. The van der Waals surface area contributed by atoms with Crippen LogP contribution in [0.25, 0.3) is 11.0 Å². The van der Waals surface area contributed by atoms with Gasteiger partial charge in [0.15, 0.2) is 5.69 Å². The second-order valence-corrected chi connectivity index (χ2v) is 8.58. The van der Waals surface area contributed by atoms with E-state index in [1.54, 1.807) is 25.1 Å². The zero-order chi connectivity index (χ0) is 26.7. The second kappa shape index (κ2) is 11.0. The summed E-state index contributed by atoms with van der Waals surface area (Å²) in [5.74, 6) is -1.44. The predicted octanol–water partition coefficient (Wildman–Crippen LogP) is 0.436. The molecule has 0 fully saturated rings. The Balaban J connectivity index is 2.10. The summed E-state index contributed by atoms with van der Waals surface area (Å²) in [5, 5.41) is 41.9. The first-order valence-corrected chi connectivity index (χ1v) is 11.2. The molecule has 1 heterocycles. The highest BCUT2D eigenvalue weighted by Gasteiger charge is 2.27. The Morgan fingerprint density at radius 1 is 1.03 bits per heavy atom. The maximum Gasteiger partial charge on any atom is 0.337 e. The van der Waals surface area contributed by atoms with Gasteiger partial charge in [0.25, 0.3) is 11.5 Å². The molecule has 0 spiro atoms. The van der Waals surface area contributed by atoms with Gasteiger partial charge in [0.05, 0.1) is 36.9 Å². The van der Waals surface area contributed by atoms with Crippen molar-refractivity contribution in [3.8, 4) is 0 Å². The number of aromatic nitrogens is 2. The molecule has 36 heavy (non-hydrogen) atoms. The monoisotopic (exact) mass is 499 g/mol. The number of aryl methyl sites for hydroxylation is 3. The number of fused-ring (bicyclic) bond motifs is 1. The average Bonchev–Trinajstić information content (AvgIpc) is 2.86. The number of esters is 1. The summed E-state index contributed by atoms with van der Waals surface area (Å²) in [6.45, 7) is 4.10. The fraction of sp³-hybridized carbons (Fsp3) is 0.360. The smallest absolute Gasteiger partial charge is 0.337 e. The summed E-state index contributed by atoms with van der Waals surface area (Å²) >= 11 is 0. The van der Waals surface area contributed by atoms with Crippen LogP contribution in [0.2, 0.25) is 0 Å². The minimum Gasteiger partial charge on any atom is -0.465 e. The molecule has 3 rings (SSSR count). The van der Waals surface area contributed by atoms with Crippen molar-refractivity contribution in [1.29, 1.82) is 0 Å². The van der Waals surface area contributed by atoms with Gasteiger partial charge in [-0.05, 0) is 61.7 Å². The first-order chi connectivity index (χ1) is 17.0. The van der Waals surface area contributed by atoms with Gasteiger partial charge in [-0.3, -0.25) is 9.59 Å². The van der Waals surface area contributed by atoms with E-state index < -0.39 is 54.6 Å². The van der Waals surface area contributed by atoms with Gasteiger partial charge in [0.2, 0.25) is 0 Å². The highest BCUT2D eigenvalue weighted by atomic mass is 16.5. The zero-order valence-electron chi connectivity index (χ0n) is 20.3. The van der Waals surface area contributed by atoms with E-state index in [9.17, 15) is 29.7 Å². The Kier molecular flexibility index (Phi) is 8.21. The number of anilines is 1. The van der Waals surface area contributed by atoms with Gasteiger partial charge in [-0.2, -0.15) is 0 Å². The Labute approximate surface area is 206 Å². The molecule has 0 radical (unpaired) electrons. The predicted molar refractivity (Wildman–Crippen MR) is 131 cm³/mol. The lowest BCUT2D eigenvalue weighted by Crippen LogP contribution is -2.44. The number of nitrogens with zero attached hydrogens (tertiary/aromatic N) is 2. The standard InChI is InChI=1S/C25H29N3O8/c1-12-5-6-15(25(35)36-4)9-16(12)27-23(33)21-24(34)28(10-19(30)22(32)20(31)11-29)18-8-14(3)13(2)7-17(18)26-21/h5-9,19-20,22,29-32H,10-11H2,1-4H3,(H,27,33). The Morgan fingerprint density at radius 3 is 2.33 bits per heavy atom. The molecule has 3 aromatic rings. The van der Waals surface area contributed by atoms with Crippen molar-refractivity contribution in [3.63, 3.8) is 0 Å². The lowest BCUT2D eigenvalue weighted by Gasteiger charge is -2.23. The number of amides is 1. The molecular formula is C25H29N3O8. The molecule has 3 unspecified atom stereocenters. The van der Waals surface area contributed by atoms with Gasteiger partial charge < -0.3 is 35.0 Å². The van der Waals surface area contributed by atoms with Crippen LogP contribution in [0.3, 0.4) is 0 Å². The fourth-order valence-corrected chi connectivity index (χ4v) is 3.67. The number of methoxy groups -OCH3 is 1. The van der Waals surface area contributed by atoms with Crippen molar-refractivity contribution in [2.24, 2.45) is 0 Å². The highest BCUT2D eigenvalue weighted by Crippen LogP contribution is 2.20. The first-order valence-electron chi connectivity index (χ1n) is 11.2. The number of ether oxygens (including phenoxy) is 1. The summed E-state index contributed by atoms with van der Waals surface area (Å²) in [6.07, 6.45) is -5.00. The van der Waals surface area contributed by atoms with Crippen LogP contribution in [0.1, 0.15) is 37.5 Å². The van der Waals surface area contributed by atoms with Crippen molar-refractivity contribution < 1.29 is 34.8 Å². The van der Waals surface area contributed by atoms with Crippen LogP contribution >= 0.6 is 0 Å². The van der Waals surface area contributed by atoms with E-state index in [-0.39, 0.29) is 11.3 Å². The Hall–Kier alpha value is -3.64. The number of aliphatic hydroxyl groups is 4. The molecule has 2 aromatic carbocycles. The number of carbonyl (C=O) groups excluding carboxylic acids is 2. The fourth-order valence-electron chi connectivity index (χ4n) is 3.67. The lowest BCUT2D eigenvalue weighted by atomic mass is 10.1. The molecule has 192 valence electrons. The van der Waals surface area contributed by atoms with Crippen molar-refractivity contribution in [3.05, 3.63) is 68.6 Å². The minimum absolute atomic E-state index is 0.202. The molecule has 0 bridgehead atoms. The molecule has 0 aliphatic rings. The van der Waals surface area contributed by atoms with Gasteiger partial charge in [0.1, 0.15) is 18.3 Å². The summed E-state index contributed by atoms with van der Waals surface area (Å²) in [7, 11) is 1.23. The van der Waals surface area contributed by atoms with Crippen LogP contribution in [-0.2, 0) is 11.3 Å². The van der Waals surface area contributed by atoms with E-state index in [2.05, 4.69) is 10.3 Å². The summed E-state index contributed by atoms with van der Waals surface area (Å²) < 4.78 is 5.81. The number of carbonyl (C=O) groups is 2. The van der Waals surface area contributed by atoms with Crippen LogP contribution in [-0.4, -0.2) is 73.9 Å². The van der Waals surface area contributed by atoms with Gasteiger partial charge in [-0.1, -0.05) is 6.07 Å². The summed E-state index contributed by atoms with van der Waals surface area (Å²) in [5.41, 5.74) is 2.08. The largest absolute Gasteiger partial charge is 0.465 e. The topological polar surface area (TPSA) is 171 Å². The third-order valence-corrected chi connectivity index (χ3v) is 6.03. The molecule has 1 amide bonds. The normalized spacial score (nSPS) is 13.8. The Morgan fingerprint density at radius 2 is 1.69 bits per heavy atom. The number of rotatable bonds is 8. The van der Waals surface area contributed by atoms with Crippen molar-refractivity contribution >= 4 is 28.6 Å². The third kappa shape index (κ3) is 5.44. The minimum atomic E-state index is -1.74. The molecule has 0 aliphatic carbocycles. The van der Waals surface area contributed by atoms with Crippen molar-refractivity contribution in [2.45, 2.75) is 45.6 Å². The summed E-state index contributed by atoms with van der Waals surface area (Å²) in [6, 6.07) is 7.93. The number of hydrogen-bond donors (Lipinski definition) is 5. The van der Waals surface area contributed by atoms with Crippen LogP contribution in [0, 0.1) is 20.8 Å².